The monoisotopic (exact) mass is 320 g/mol. The number of nitrogens with zero attached hydrogens (tertiary/aromatic N) is 1. The quantitative estimate of drug-likeness (QED) is 0.481. The van der Waals surface area contributed by atoms with Crippen LogP contribution in [0.2, 0.25) is 0 Å². The van der Waals surface area contributed by atoms with Crippen molar-refractivity contribution in [3.8, 4) is 17.0 Å². The maximum Gasteiger partial charge on any atom is 0.216 e. The van der Waals surface area contributed by atoms with Gasteiger partial charge in [-0.1, -0.05) is 30.3 Å². The molecular formula is C20H18NOS+. The van der Waals surface area contributed by atoms with E-state index in [1.54, 1.807) is 7.11 Å². The molecule has 4 aromatic rings. The zero-order valence-corrected chi connectivity index (χ0v) is 14.3. The number of fused-ring (bicyclic) bond motifs is 3. The van der Waals surface area contributed by atoms with Gasteiger partial charge in [-0.2, -0.15) is 4.57 Å². The van der Waals surface area contributed by atoms with Gasteiger partial charge in [-0.25, -0.2) is 0 Å². The first-order valence-electron chi connectivity index (χ1n) is 7.65. The molecule has 0 saturated carbocycles. The van der Waals surface area contributed by atoms with E-state index in [0.717, 1.165) is 11.3 Å². The molecule has 3 heteroatoms. The minimum Gasteiger partial charge on any atom is -0.496 e. The summed E-state index contributed by atoms with van der Waals surface area (Å²) in [5.74, 6) is 0.904. The molecule has 4 rings (SSSR count). The highest BCUT2D eigenvalue weighted by molar-refractivity contribution is 7.26. The molecule has 0 unspecified atom stereocenters. The maximum atomic E-state index is 5.56. The van der Waals surface area contributed by atoms with Gasteiger partial charge >= 0.3 is 0 Å². The molecule has 0 amide bonds. The molecule has 0 saturated heterocycles. The molecule has 23 heavy (non-hydrogen) atoms. The Morgan fingerprint density at radius 2 is 1.70 bits per heavy atom. The van der Waals surface area contributed by atoms with E-state index in [0.29, 0.717) is 0 Å². The van der Waals surface area contributed by atoms with Crippen molar-refractivity contribution in [1.29, 1.82) is 0 Å². The van der Waals surface area contributed by atoms with Gasteiger partial charge in [-0.3, -0.25) is 0 Å². The molecule has 0 radical (unpaired) electrons. The van der Waals surface area contributed by atoms with Gasteiger partial charge in [-0.05, 0) is 18.2 Å². The molecule has 0 spiro atoms. The van der Waals surface area contributed by atoms with Crippen LogP contribution in [0.3, 0.4) is 0 Å². The molecule has 0 fully saturated rings. The lowest BCUT2D eigenvalue weighted by Gasteiger charge is -2.08. The number of hydrogen-bond donors (Lipinski definition) is 0. The topological polar surface area (TPSA) is 13.1 Å². The number of aryl methyl sites for hydroxylation is 1. The van der Waals surface area contributed by atoms with E-state index < -0.39 is 0 Å². The Morgan fingerprint density at radius 1 is 0.957 bits per heavy atom. The van der Waals surface area contributed by atoms with Crippen molar-refractivity contribution in [3.05, 3.63) is 60.3 Å². The van der Waals surface area contributed by atoms with Gasteiger partial charge in [0.15, 0.2) is 5.69 Å². The number of pyridine rings is 1. The molecule has 0 aliphatic heterocycles. The number of ether oxygens (including phenoxy) is 1. The van der Waals surface area contributed by atoms with Crippen LogP contribution < -0.4 is 9.30 Å². The predicted octanol–water partition coefficient (Wildman–Crippen LogP) is 4.86. The van der Waals surface area contributed by atoms with Crippen LogP contribution in [-0.2, 0) is 7.05 Å². The Labute approximate surface area is 139 Å². The Kier molecular flexibility index (Phi) is 3.31. The third kappa shape index (κ3) is 2.12. The fraction of sp³-hybridized carbons (Fsp3) is 0.150. The van der Waals surface area contributed by atoms with Crippen molar-refractivity contribution in [3.63, 3.8) is 0 Å². The summed E-state index contributed by atoms with van der Waals surface area (Å²) in [6.45, 7) is 2.19. The second kappa shape index (κ2) is 5.36. The Bertz CT molecular complexity index is 1030. The number of hydrogen-bond acceptors (Lipinski definition) is 2. The summed E-state index contributed by atoms with van der Waals surface area (Å²) < 4.78 is 10.5. The minimum atomic E-state index is 0.904. The Balaban J connectivity index is 2.11. The minimum absolute atomic E-state index is 0.904. The molecule has 2 nitrogen and oxygen atoms in total. The predicted molar refractivity (Wildman–Crippen MR) is 97.2 cm³/mol. The Hall–Kier alpha value is -2.39. The Morgan fingerprint density at radius 3 is 2.52 bits per heavy atom. The van der Waals surface area contributed by atoms with Crippen LogP contribution >= 0.6 is 11.3 Å². The number of para-hydroxylation sites is 1. The summed E-state index contributed by atoms with van der Waals surface area (Å²) in [5.41, 5.74) is 3.58. The normalized spacial score (nSPS) is 11.3. The first-order valence-corrected chi connectivity index (χ1v) is 8.46. The fourth-order valence-electron chi connectivity index (χ4n) is 3.16. The fourth-order valence-corrected chi connectivity index (χ4v) is 4.38. The van der Waals surface area contributed by atoms with Crippen LogP contribution in [0.15, 0.2) is 54.6 Å². The number of rotatable bonds is 2. The zero-order chi connectivity index (χ0) is 16.0. The molecule has 2 heterocycles. The van der Waals surface area contributed by atoms with Crippen LogP contribution in [0.1, 0.15) is 5.69 Å². The summed E-state index contributed by atoms with van der Waals surface area (Å²) in [6.07, 6.45) is 0. The smallest absolute Gasteiger partial charge is 0.216 e. The highest BCUT2D eigenvalue weighted by Gasteiger charge is 2.21. The van der Waals surface area contributed by atoms with Gasteiger partial charge in [0.1, 0.15) is 17.5 Å². The summed E-state index contributed by atoms with van der Waals surface area (Å²) in [5, 5.41) is 2.65. The number of methoxy groups -OCH3 is 1. The molecule has 114 valence electrons. The van der Waals surface area contributed by atoms with Crippen LogP contribution in [0.5, 0.6) is 5.75 Å². The van der Waals surface area contributed by atoms with Crippen LogP contribution in [0.25, 0.3) is 31.4 Å². The van der Waals surface area contributed by atoms with Gasteiger partial charge in [-0.15, -0.1) is 11.3 Å². The van der Waals surface area contributed by atoms with Crippen molar-refractivity contribution in [2.45, 2.75) is 6.92 Å². The number of benzene rings is 2. The average Bonchev–Trinajstić information content (AvgIpc) is 2.97. The molecule has 2 aromatic carbocycles. The average molecular weight is 320 g/mol. The van der Waals surface area contributed by atoms with Crippen molar-refractivity contribution in [2.24, 2.45) is 7.05 Å². The lowest BCUT2D eigenvalue weighted by molar-refractivity contribution is -0.665. The molecule has 0 aliphatic carbocycles. The maximum absolute atomic E-state index is 5.56. The van der Waals surface area contributed by atoms with Gasteiger partial charge in [0.05, 0.1) is 12.7 Å². The summed E-state index contributed by atoms with van der Waals surface area (Å²) >= 11 is 1.86. The van der Waals surface area contributed by atoms with Gasteiger partial charge < -0.3 is 4.74 Å². The molecule has 0 N–H and O–H groups in total. The van der Waals surface area contributed by atoms with E-state index >= 15 is 0 Å². The van der Waals surface area contributed by atoms with E-state index in [-0.39, 0.29) is 0 Å². The standard InChI is InChI=1S/C20H18NOS/c1-13-20-16(14-8-5-7-11-19(14)23-20)12-17(21(13)2)15-9-4-6-10-18(15)22-3/h4-12H,1-3H3/q+1. The third-order valence-corrected chi connectivity index (χ3v) is 5.79. The highest BCUT2D eigenvalue weighted by Crippen LogP contribution is 2.37. The van der Waals surface area contributed by atoms with E-state index in [1.165, 1.54) is 31.6 Å². The molecule has 0 aliphatic rings. The van der Waals surface area contributed by atoms with Gasteiger partial charge in [0.2, 0.25) is 5.69 Å². The molecular weight excluding hydrogens is 302 g/mol. The summed E-state index contributed by atoms with van der Waals surface area (Å²) in [4.78, 5) is 0. The second-order valence-electron chi connectivity index (χ2n) is 5.72. The lowest BCUT2D eigenvalue weighted by atomic mass is 10.1. The number of aromatic nitrogens is 1. The van der Waals surface area contributed by atoms with E-state index in [2.05, 4.69) is 61.0 Å². The molecule has 0 atom stereocenters. The number of thiophene rings is 1. The van der Waals surface area contributed by atoms with Crippen molar-refractivity contribution >= 4 is 31.5 Å². The van der Waals surface area contributed by atoms with Crippen molar-refractivity contribution < 1.29 is 9.30 Å². The SMILES string of the molecule is COc1ccccc1-c1cc2c(sc3ccccc32)c(C)[n+]1C. The van der Waals surface area contributed by atoms with Crippen LogP contribution in [0, 0.1) is 6.92 Å². The third-order valence-electron chi connectivity index (χ3n) is 4.49. The molecule has 0 bridgehead atoms. The van der Waals surface area contributed by atoms with Crippen molar-refractivity contribution in [1.82, 2.24) is 0 Å². The van der Waals surface area contributed by atoms with Gasteiger partial charge in [0.25, 0.3) is 0 Å². The second-order valence-corrected chi connectivity index (χ2v) is 6.77. The summed E-state index contributed by atoms with van der Waals surface area (Å²) in [7, 11) is 3.85. The van der Waals surface area contributed by atoms with E-state index in [9.17, 15) is 0 Å². The summed E-state index contributed by atoms with van der Waals surface area (Å²) in [6, 6.07) is 19.1. The zero-order valence-electron chi connectivity index (χ0n) is 13.5. The van der Waals surface area contributed by atoms with Crippen molar-refractivity contribution in [2.75, 3.05) is 7.11 Å². The van der Waals surface area contributed by atoms with E-state index in [4.69, 9.17) is 4.74 Å². The lowest BCUT2D eigenvalue weighted by Crippen LogP contribution is -2.34. The first-order chi connectivity index (χ1) is 11.2. The van der Waals surface area contributed by atoms with Crippen LogP contribution in [0.4, 0.5) is 0 Å². The van der Waals surface area contributed by atoms with Crippen LogP contribution in [-0.4, -0.2) is 7.11 Å². The largest absolute Gasteiger partial charge is 0.496 e. The molecule has 2 aromatic heterocycles. The van der Waals surface area contributed by atoms with E-state index in [1.807, 2.05) is 23.5 Å². The van der Waals surface area contributed by atoms with Gasteiger partial charge in [0, 0.05) is 28.5 Å². The highest BCUT2D eigenvalue weighted by atomic mass is 32.1. The first kappa shape index (κ1) is 14.2.